The van der Waals surface area contributed by atoms with Crippen molar-refractivity contribution < 1.29 is 18.8 Å². The fourth-order valence-corrected chi connectivity index (χ4v) is 0. The van der Waals surface area contributed by atoms with E-state index in [0.29, 0.717) is 0 Å². The molecule has 0 aromatic rings. The largest absolute Gasteiger partial charge is 0.344 e. The molecule has 46 valence electrons. The Balaban J connectivity index is 0. The SMILES string of the molecule is B.F.F.F.F.N. The zero-order valence-corrected chi connectivity index (χ0v) is 2.34. The van der Waals surface area contributed by atoms with Gasteiger partial charge < -0.3 is 6.15 Å². The summed E-state index contributed by atoms with van der Waals surface area (Å²) < 4.78 is 0. The maximum absolute atomic E-state index is 0. The summed E-state index contributed by atoms with van der Waals surface area (Å²) in [6.07, 6.45) is 0. The standard InChI is InChI=1S/BH3.4FH.H3N/h1H3;4*1H;1H3. The molecule has 0 rings (SSSR count). The van der Waals surface area contributed by atoms with Crippen LogP contribution >= 0.6 is 0 Å². The maximum atomic E-state index is 0. The monoisotopic (exact) mass is 111 g/mol. The third-order valence-electron chi connectivity index (χ3n) is 0. The highest BCUT2D eigenvalue weighted by molar-refractivity contribution is 5.75. The second kappa shape index (κ2) is 1020. The molecule has 0 aliphatic carbocycles. The average Bonchev–Trinajstić information content (AvgIpc) is 0. The van der Waals surface area contributed by atoms with Crippen molar-refractivity contribution in [1.82, 2.24) is 6.15 Å². The number of halogens is 4. The first-order valence-electron chi connectivity index (χ1n) is 0. The lowest BCUT2D eigenvalue weighted by atomic mass is 10.8. The first-order chi connectivity index (χ1) is 0. The predicted molar refractivity (Wildman–Crippen MR) is 25.0 cm³/mol. The van der Waals surface area contributed by atoms with Gasteiger partial charge in [-0.25, -0.2) is 0 Å². The van der Waals surface area contributed by atoms with E-state index in [1.54, 1.807) is 0 Å². The summed E-state index contributed by atoms with van der Waals surface area (Å²) >= 11 is 0. The zero-order chi connectivity index (χ0) is 0. The van der Waals surface area contributed by atoms with E-state index >= 15 is 0 Å². The van der Waals surface area contributed by atoms with Crippen LogP contribution < -0.4 is 6.15 Å². The summed E-state index contributed by atoms with van der Waals surface area (Å²) in [5.41, 5.74) is 0. The summed E-state index contributed by atoms with van der Waals surface area (Å²) in [6.45, 7) is 0. The lowest BCUT2D eigenvalue weighted by molar-refractivity contribution is 1.11. The van der Waals surface area contributed by atoms with Crippen LogP contribution in [0.3, 0.4) is 0 Å². The number of hydrogen-bond donors (Lipinski definition) is 1. The molecule has 0 aliphatic heterocycles. The van der Waals surface area contributed by atoms with Crippen molar-refractivity contribution >= 4 is 8.41 Å². The quantitative estimate of drug-likeness (QED) is 0.334. The van der Waals surface area contributed by atoms with Crippen molar-refractivity contribution in [1.29, 1.82) is 0 Å². The Morgan fingerprint density at radius 3 is 0.500 bits per heavy atom. The van der Waals surface area contributed by atoms with Crippen LogP contribution in [0.15, 0.2) is 0 Å². The lowest BCUT2D eigenvalue weighted by Crippen LogP contribution is -0.481. The Morgan fingerprint density at radius 2 is 0.500 bits per heavy atom. The minimum absolute atomic E-state index is 0. The molecule has 0 heterocycles. The summed E-state index contributed by atoms with van der Waals surface area (Å²) in [5, 5.41) is 0. The fraction of sp³-hybridized carbons (Fsp3) is 0. The molecule has 0 aromatic heterocycles. The molecule has 0 radical (unpaired) electrons. The first-order valence-corrected chi connectivity index (χ1v) is 0. The van der Waals surface area contributed by atoms with Crippen LogP contribution in [0.2, 0.25) is 0 Å². The molecule has 0 spiro atoms. The van der Waals surface area contributed by atoms with E-state index in [9.17, 15) is 0 Å². The van der Waals surface area contributed by atoms with Gasteiger partial charge in [-0.3, -0.25) is 18.8 Å². The van der Waals surface area contributed by atoms with Crippen molar-refractivity contribution in [3.8, 4) is 0 Å². The second-order valence-electron chi connectivity index (χ2n) is 0. The summed E-state index contributed by atoms with van der Waals surface area (Å²) in [6, 6.07) is 0. The Bertz CT molecular complexity index is 7.51. The van der Waals surface area contributed by atoms with Gasteiger partial charge in [0.1, 0.15) is 0 Å². The Labute approximate surface area is 34.7 Å². The van der Waals surface area contributed by atoms with E-state index < -0.39 is 0 Å². The zero-order valence-electron chi connectivity index (χ0n) is 2.34. The molecule has 0 unspecified atom stereocenters. The van der Waals surface area contributed by atoms with Gasteiger partial charge in [-0.15, -0.1) is 0 Å². The highest BCUT2D eigenvalue weighted by Gasteiger charge is 0.0814. The van der Waals surface area contributed by atoms with E-state index in [-0.39, 0.29) is 33.4 Å². The van der Waals surface area contributed by atoms with E-state index in [4.69, 9.17) is 0 Å². The second-order valence-corrected chi connectivity index (χ2v) is 0. The number of rotatable bonds is 0. The molecule has 6 heteroatoms. The van der Waals surface area contributed by atoms with Crippen molar-refractivity contribution in [3.63, 3.8) is 0 Å². The molecule has 3 N–H and O–H groups in total. The lowest BCUT2D eigenvalue weighted by Gasteiger charge is -0.344. The van der Waals surface area contributed by atoms with Crippen LogP contribution in [0.4, 0.5) is 18.8 Å². The molecular formula is H10BF4N. The van der Waals surface area contributed by atoms with Crippen molar-refractivity contribution in [2.24, 2.45) is 0 Å². The number of hydrogen-bond acceptors (Lipinski definition) is 1. The van der Waals surface area contributed by atoms with E-state index in [2.05, 4.69) is 0 Å². The van der Waals surface area contributed by atoms with Gasteiger partial charge in [0.05, 0.1) is 8.41 Å². The summed E-state index contributed by atoms with van der Waals surface area (Å²) in [4.78, 5) is 0. The Kier molecular flexibility index (Phi) is 339000. The molecule has 6 heavy (non-hydrogen) atoms. The van der Waals surface area contributed by atoms with Gasteiger partial charge in [-0.05, 0) is 0 Å². The minimum Gasteiger partial charge on any atom is -0.344 e. The van der Waals surface area contributed by atoms with Crippen LogP contribution in [-0.2, 0) is 0 Å². The first kappa shape index (κ1) is 1990. The highest BCUT2D eigenvalue weighted by Crippen LogP contribution is 0.423. The molecule has 1 nitrogen and oxygen atoms in total. The minimum atomic E-state index is 0. The van der Waals surface area contributed by atoms with E-state index in [1.807, 2.05) is 0 Å². The van der Waals surface area contributed by atoms with Crippen LogP contribution in [0, 0.1) is 0 Å². The molecule has 0 saturated heterocycles. The van der Waals surface area contributed by atoms with Crippen LogP contribution in [0.5, 0.6) is 0 Å². The van der Waals surface area contributed by atoms with Gasteiger partial charge in [0.15, 0.2) is 0 Å². The van der Waals surface area contributed by atoms with Crippen LogP contribution in [0.25, 0.3) is 0 Å². The topological polar surface area (TPSA) is 35.0 Å². The predicted octanol–water partition coefficient (Wildman–Crippen LogP) is -0.412. The van der Waals surface area contributed by atoms with Gasteiger partial charge >= 0.3 is 0 Å². The molecule has 0 saturated carbocycles. The Morgan fingerprint density at radius 1 is 0.500 bits per heavy atom. The fourth-order valence-electron chi connectivity index (χ4n) is 0. The van der Waals surface area contributed by atoms with E-state index in [0.717, 1.165) is 0 Å². The molecule has 0 fully saturated rings. The molecule has 0 aliphatic rings. The molecule has 0 bridgehead atoms. The van der Waals surface area contributed by atoms with Gasteiger partial charge in [0.25, 0.3) is 0 Å². The molecule has 0 aromatic carbocycles. The summed E-state index contributed by atoms with van der Waals surface area (Å²) in [7, 11) is 0. The smallest absolute Gasteiger partial charge is 0.0814 e. The molecule has 0 amide bonds. The van der Waals surface area contributed by atoms with Gasteiger partial charge in [-0.2, -0.15) is 0 Å². The normalized spacial score (nSPS) is 0. The maximum Gasteiger partial charge on any atom is 0.0814 e. The van der Waals surface area contributed by atoms with E-state index in [1.165, 1.54) is 0 Å². The van der Waals surface area contributed by atoms with Gasteiger partial charge in [0.2, 0.25) is 0 Å². The van der Waals surface area contributed by atoms with Gasteiger partial charge in [-0.1, -0.05) is 0 Å². The van der Waals surface area contributed by atoms with Gasteiger partial charge in [0, 0.05) is 0 Å². The van der Waals surface area contributed by atoms with Crippen molar-refractivity contribution in [2.75, 3.05) is 0 Å². The summed E-state index contributed by atoms with van der Waals surface area (Å²) in [5.74, 6) is 0. The molecular weight excluding hydrogens is 101 g/mol. The average molecular weight is 111 g/mol. The van der Waals surface area contributed by atoms with Crippen LogP contribution in [-0.4, -0.2) is 8.41 Å². The molecule has 0 atom stereocenters. The third kappa shape index (κ3) is 434. The Hall–Kier alpha value is -0.255. The third-order valence-corrected chi connectivity index (χ3v) is 0. The van der Waals surface area contributed by atoms with Crippen molar-refractivity contribution in [3.05, 3.63) is 0 Å². The highest BCUT2D eigenvalue weighted by atomic mass is 19.0. The van der Waals surface area contributed by atoms with Crippen LogP contribution in [0.1, 0.15) is 0 Å². The van der Waals surface area contributed by atoms with Crippen molar-refractivity contribution in [2.45, 2.75) is 0 Å².